The molecule has 3 rings (SSSR count). The van der Waals surface area contributed by atoms with E-state index in [0.29, 0.717) is 33.8 Å². The predicted molar refractivity (Wildman–Crippen MR) is 107 cm³/mol. The number of amides is 2. The Morgan fingerprint density at radius 2 is 2.00 bits per heavy atom. The molecule has 2 aromatic carbocycles. The van der Waals surface area contributed by atoms with Crippen molar-refractivity contribution in [3.05, 3.63) is 52.0 Å². The van der Waals surface area contributed by atoms with Crippen molar-refractivity contribution < 1.29 is 14.3 Å². The van der Waals surface area contributed by atoms with E-state index in [1.807, 2.05) is 18.2 Å². The second kappa shape index (κ2) is 8.29. The van der Waals surface area contributed by atoms with Crippen molar-refractivity contribution in [2.75, 3.05) is 31.8 Å². The van der Waals surface area contributed by atoms with Gasteiger partial charge in [-0.25, -0.2) is 4.79 Å². The largest absolute Gasteiger partial charge is 0.493 e. The Labute approximate surface area is 166 Å². The fourth-order valence-corrected chi connectivity index (χ4v) is 4.38. The van der Waals surface area contributed by atoms with E-state index < -0.39 is 0 Å². The number of anilines is 1. The number of rotatable bonds is 4. The first kappa shape index (κ1) is 19.0. The van der Waals surface area contributed by atoms with Crippen LogP contribution in [-0.2, 0) is 0 Å². The summed E-state index contributed by atoms with van der Waals surface area (Å²) in [6.07, 6.45) is 0. The highest BCUT2D eigenvalue weighted by molar-refractivity contribution is 7.99. The summed E-state index contributed by atoms with van der Waals surface area (Å²) in [5, 5.41) is 3.55. The summed E-state index contributed by atoms with van der Waals surface area (Å²) in [4.78, 5) is 14.6. The Kier molecular flexibility index (Phi) is 6.06. The van der Waals surface area contributed by atoms with Crippen LogP contribution in [0.25, 0.3) is 0 Å². The van der Waals surface area contributed by atoms with Crippen LogP contribution in [0.1, 0.15) is 10.9 Å². The van der Waals surface area contributed by atoms with Crippen LogP contribution in [0.3, 0.4) is 0 Å². The molecule has 5 nitrogen and oxygen atoms in total. The van der Waals surface area contributed by atoms with Gasteiger partial charge in [-0.15, -0.1) is 11.8 Å². The number of nitrogens with one attached hydrogen (secondary N) is 1. The third-order valence-electron chi connectivity index (χ3n) is 4.02. The summed E-state index contributed by atoms with van der Waals surface area (Å²) in [5.41, 5.74) is 1.50. The fourth-order valence-electron chi connectivity index (χ4n) is 2.81. The van der Waals surface area contributed by atoms with Gasteiger partial charge >= 0.3 is 6.03 Å². The van der Waals surface area contributed by atoms with E-state index in [-0.39, 0.29) is 11.4 Å². The minimum Gasteiger partial charge on any atom is -0.493 e. The zero-order valence-electron chi connectivity index (χ0n) is 14.3. The molecular weight excluding hydrogens is 395 g/mol. The minimum atomic E-state index is -0.205. The number of carbonyl (C=O) groups excluding carboxylic acids is 1. The highest BCUT2D eigenvalue weighted by Gasteiger charge is 2.33. The van der Waals surface area contributed by atoms with Crippen molar-refractivity contribution in [2.24, 2.45) is 0 Å². The van der Waals surface area contributed by atoms with Gasteiger partial charge in [0.2, 0.25) is 0 Å². The molecule has 2 amide bonds. The predicted octanol–water partition coefficient (Wildman–Crippen LogP) is 5.29. The molecule has 0 aromatic heterocycles. The Bertz CT molecular complexity index is 819. The maximum atomic E-state index is 12.8. The maximum Gasteiger partial charge on any atom is 0.323 e. The third kappa shape index (κ3) is 3.82. The average molecular weight is 413 g/mol. The number of hydrogen-bond donors (Lipinski definition) is 1. The van der Waals surface area contributed by atoms with Gasteiger partial charge in [0.1, 0.15) is 5.37 Å². The van der Waals surface area contributed by atoms with E-state index in [1.54, 1.807) is 49.1 Å². The third-order valence-corrected chi connectivity index (χ3v) is 6.00. The summed E-state index contributed by atoms with van der Waals surface area (Å²) in [5.74, 6) is 2.11. The molecule has 1 fully saturated rings. The van der Waals surface area contributed by atoms with E-state index in [0.717, 1.165) is 11.3 Å². The molecule has 1 unspecified atom stereocenters. The molecule has 1 aliphatic rings. The first-order valence-electron chi connectivity index (χ1n) is 7.90. The van der Waals surface area contributed by atoms with Gasteiger partial charge < -0.3 is 19.7 Å². The number of urea groups is 1. The van der Waals surface area contributed by atoms with Crippen LogP contribution in [0.4, 0.5) is 10.5 Å². The van der Waals surface area contributed by atoms with Crippen LogP contribution in [0.5, 0.6) is 11.5 Å². The van der Waals surface area contributed by atoms with Crippen LogP contribution in [0.2, 0.25) is 10.0 Å². The lowest BCUT2D eigenvalue weighted by molar-refractivity contribution is 0.213. The summed E-state index contributed by atoms with van der Waals surface area (Å²) in [6.45, 7) is 0.628. The standard InChI is InChI=1S/C18H18Cl2N2O3S/c1-24-15-5-3-4-12(16(15)25-2)17-22(8-9-26-17)18(23)21-11-6-7-13(19)14(20)10-11/h3-7,10,17H,8-9H2,1-2H3,(H,21,23). The van der Waals surface area contributed by atoms with E-state index in [9.17, 15) is 4.79 Å². The second-order valence-electron chi connectivity index (χ2n) is 5.56. The van der Waals surface area contributed by atoms with Gasteiger partial charge in [-0.1, -0.05) is 35.3 Å². The van der Waals surface area contributed by atoms with Gasteiger partial charge in [-0.3, -0.25) is 0 Å². The highest BCUT2D eigenvalue weighted by Crippen LogP contribution is 2.45. The SMILES string of the molecule is COc1cccc(C2SCCN2C(=O)Nc2ccc(Cl)c(Cl)c2)c1OC. The van der Waals surface area contributed by atoms with Gasteiger partial charge in [0.05, 0.1) is 24.3 Å². The first-order valence-corrected chi connectivity index (χ1v) is 9.70. The number of hydrogen-bond acceptors (Lipinski definition) is 4. The number of halogens is 2. The molecule has 1 saturated heterocycles. The van der Waals surface area contributed by atoms with Gasteiger partial charge in [-0.2, -0.15) is 0 Å². The molecule has 0 bridgehead atoms. The smallest absolute Gasteiger partial charge is 0.323 e. The molecule has 1 N–H and O–H groups in total. The molecular formula is C18H18Cl2N2O3S. The van der Waals surface area contributed by atoms with Gasteiger partial charge in [-0.05, 0) is 24.3 Å². The number of carbonyl (C=O) groups is 1. The maximum absolute atomic E-state index is 12.8. The molecule has 0 aliphatic carbocycles. The monoisotopic (exact) mass is 412 g/mol. The molecule has 138 valence electrons. The number of benzene rings is 2. The summed E-state index contributed by atoms with van der Waals surface area (Å²) in [7, 11) is 3.19. The Balaban J connectivity index is 1.84. The number of ether oxygens (including phenoxy) is 2. The second-order valence-corrected chi connectivity index (χ2v) is 7.56. The zero-order valence-corrected chi connectivity index (χ0v) is 16.6. The lowest BCUT2D eigenvalue weighted by Gasteiger charge is -2.26. The van der Waals surface area contributed by atoms with Crippen molar-refractivity contribution in [2.45, 2.75) is 5.37 Å². The molecule has 1 aliphatic heterocycles. The molecule has 0 spiro atoms. The summed E-state index contributed by atoms with van der Waals surface area (Å²) >= 11 is 13.6. The Morgan fingerprint density at radius 1 is 1.19 bits per heavy atom. The quantitative estimate of drug-likeness (QED) is 0.740. The average Bonchev–Trinajstić information content (AvgIpc) is 3.13. The van der Waals surface area contributed by atoms with Crippen molar-refractivity contribution in [1.29, 1.82) is 0 Å². The Morgan fingerprint density at radius 3 is 2.69 bits per heavy atom. The van der Waals surface area contributed by atoms with Crippen LogP contribution in [-0.4, -0.2) is 37.4 Å². The van der Waals surface area contributed by atoms with Crippen LogP contribution in [0.15, 0.2) is 36.4 Å². The number of methoxy groups -OCH3 is 2. The van der Waals surface area contributed by atoms with Crippen LogP contribution >= 0.6 is 35.0 Å². The number of nitrogens with zero attached hydrogens (tertiary/aromatic N) is 1. The Hall–Kier alpha value is -1.76. The molecule has 1 atom stereocenters. The minimum absolute atomic E-state index is 0.164. The normalized spacial score (nSPS) is 16.5. The van der Waals surface area contributed by atoms with E-state index in [2.05, 4.69) is 5.32 Å². The van der Waals surface area contributed by atoms with E-state index >= 15 is 0 Å². The molecule has 0 saturated carbocycles. The molecule has 0 radical (unpaired) electrons. The van der Waals surface area contributed by atoms with Crippen molar-refractivity contribution in [1.82, 2.24) is 4.90 Å². The highest BCUT2D eigenvalue weighted by atomic mass is 35.5. The first-order chi connectivity index (χ1) is 12.5. The summed E-state index contributed by atoms with van der Waals surface area (Å²) < 4.78 is 10.9. The van der Waals surface area contributed by atoms with Crippen LogP contribution in [0, 0.1) is 0 Å². The molecule has 1 heterocycles. The van der Waals surface area contributed by atoms with Crippen LogP contribution < -0.4 is 14.8 Å². The van der Waals surface area contributed by atoms with E-state index in [1.165, 1.54) is 0 Å². The van der Waals surface area contributed by atoms with Gasteiger partial charge in [0, 0.05) is 23.5 Å². The van der Waals surface area contributed by atoms with Gasteiger partial charge in [0.25, 0.3) is 0 Å². The van der Waals surface area contributed by atoms with Crippen molar-refractivity contribution >= 4 is 46.7 Å². The lowest BCUT2D eigenvalue weighted by Crippen LogP contribution is -2.34. The lowest BCUT2D eigenvalue weighted by atomic mass is 10.1. The zero-order chi connectivity index (χ0) is 18.7. The van der Waals surface area contributed by atoms with Gasteiger partial charge in [0.15, 0.2) is 11.5 Å². The molecule has 2 aromatic rings. The van der Waals surface area contributed by atoms with E-state index in [4.69, 9.17) is 32.7 Å². The number of thioether (sulfide) groups is 1. The fraction of sp³-hybridized carbons (Fsp3) is 0.278. The van der Waals surface area contributed by atoms with Crippen molar-refractivity contribution in [3.8, 4) is 11.5 Å². The number of para-hydroxylation sites is 1. The summed E-state index contributed by atoms with van der Waals surface area (Å²) in [6, 6.07) is 10.5. The van der Waals surface area contributed by atoms with Crippen molar-refractivity contribution in [3.63, 3.8) is 0 Å². The molecule has 8 heteroatoms. The molecule has 26 heavy (non-hydrogen) atoms. The topological polar surface area (TPSA) is 50.8 Å².